The molecule has 0 aliphatic carbocycles. The topological polar surface area (TPSA) is 28.3 Å². The molecule has 2 heterocycles. The van der Waals surface area contributed by atoms with Crippen LogP contribution >= 0.6 is 0 Å². The van der Waals surface area contributed by atoms with Gasteiger partial charge in [-0.2, -0.15) is 0 Å². The van der Waals surface area contributed by atoms with Gasteiger partial charge in [0.05, 0.1) is 23.5 Å². The van der Waals surface area contributed by atoms with E-state index in [-0.39, 0.29) is 0 Å². The predicted octanol–water partition coefficient (Wildman–Crippen LogP) is -0.819. The van der Waals surface area contributed by atoms with Gasteiger partial charge in [0, 0.05) is 42.2 Å². The number of nitrogens with one attached hydrogen (secondary N) is 1. The Labute approximate surface area is 144 Å². The molecule has 12 radical (unpaired) electrons. The average Bonchev–Trinajstić information content (AvgIpc) is 2.59. The Morgan fingerprint density at radius 2 is 1.70 bits per heavy atom. The summed E-state index contributed by atoms with van der Waals surface area (Å²) in [5.74, 6) is 0.507. The number of hydrogen-bond acceptors (Lipinski definition) is 2. The standard InChI is InChI=1S/C14H12B6N2O/c15-13(16,17)22-5-3-10-9-2-1-8(23-14(18,19)20)7-12(9)21-11(10)4-6-22/h1-2,7,21H,3-6H2. The van der Waals surface area contributed by atoms with Gasteiger partial charge in [-0.05, 0) is 29.4 Å². The molecule has 1 aromatic heterocycles. The summed E-state index contributed by atoms with van der Waals surface area (Å²) in [6.07, 6.45) is 1.58. The Balaban J connectivity index is 1.89. The minimum atomic E-state index is -1.70. The van der Waals surface area contributed by atoms with Crippen molar-refractivity contribution in [3.05, 3.63) is 29.5 Å². The van der Waals surface area contributed by atoms with E-state index in [1.54, 1.807) is 6.07 Å². The molecule has 1 aliphatic rings. The molecular weight excluding hydrogens is 277 g/mol. The summed E-state index contributed by atoms with van der Waals surface area (Å²) in [6, 6.07) is 5.59. The lowest BCUT2D eigenvalue weighted by molar-refractivity contribution is 0.287. The largest absolute Gasteiger partial charge is 0.516 e. The van der Waals surface area contributed by atoms with Crippen molar-refractivity contribution >= 4 is 58.0 Å². The van der Waals surface area contributed by atoms with Gasteiger partial charge in [-0.1, -0.05) is 5.24 Å². The number of rotatable bonds is 3. The van der Waals surface area contributed by atoms with Gasteiger partial charge in [0.2, 0.25) is 0 Å². The molecule has 1 N–H and O–H groups in total. The third-order valence-corrected chi connectivity index (χ3v) is 4.07. The Hall–Kier alpha value is -1.09. The zero-order chi connectivity index (χ0) is 16.8. The normalized spacial score (nSPS) is 16.9. The first-order valence-corrected chi connectivity index (χ1v) is 7.44. The molecule has 0 saturated carbocycles. The fourth-order valence-electron chi connectivity index (χ4n) is 3.05. The van der Waals surface area contributed by atoms with Crippen LogP contribution in [0.5, 0.6) is 5.75 Å². The Morgan fingerprint density at radius 3 is 2.35 bits per heavy atom. The van der Waals surface area contributed by atoms with Crippen LogP contribution in [0.3, 0.4) is 0 Å². The Morgan fingerprint density at radius 1 is 1.00 bits per heavy atom. The quantitative estimate of drug-likeness (QED) is 0.748. The molecule has 102 valence electrons. The number of nitrogens with zero attached hydrogens (tertiary/aromatic N) is 1. The molecule has 0 saturated heterocycles. The number of hydrogen-bond donors (Lipinski definition) is 1. The summed E-state index contributed by atoms with van der Waals surface area (Å²) in [5, 5.41) is -1.89. The smallest absolute Gasteiger partial charge is 0.118 e. The van der Waals surface area contributed by atoms with Gasteiger partial charge in [0.1, 0.15) is 29.3 Å². The summed E-state index contributed by atoms with van der Waals surface area (Å²) in [5.41, 5.74) is 3.32. The number of ether oxygens (including phenoxy) is 1. The van der Waals surface area contributed by atoms with Gasteiger partial charge in [0.15, 0.2) is 0 Å². The van der Waals surface area contributed by atoms with Crippen LogP contribution in [0, 0.1) is 0 Å². The van der Waals surface area contributed by atoms with Crippen LogP contribution in [-0.4, -0.2) is 80.6 Å². The summed E-state index contributed by atoms with van der Waals surface area (Å²) < 4.78 is 5.28. The molecule has 0 amide bonds. The van der Waals surface area contributed by atoms with Gasteiger partial charge in [-0.15, -0.1) is 0 Å². The molecule has 0 spiro atoms. The number of aromatic amines is 1. The SMILES string of the molecule is [B]C([B])([B])Oc1ccc2c3c([nH]c2c1)CCN(C([B])([B])[B])CC3. The van der Waals surface area contributed by atoms with E-state index in [2.05, 4.69) is 4.98 Å². The van der Waals surface area contributed by atoms with Crippen molar-refractivity contribution in [3.8, 4) is 5.75 Å². The zero-order valence-electron chi connectivity index (χ0n) is 12.9. The number of fused-ring (bicyclic) bond motifs is 3. The third-order valence-electron chi connectivity index (χ3n) is 4.07. The maximum absolute atomic E-state index is 5.79. The molecule has 0 fully saturated rings. The average molecular weight is 289 g/mol. The lowest BCUT2D eigenvalue weighted by Gasteiger charge is -2.36. The molecule has 23 heavy (non-hydrogen) atoms. The summed E-state index contributed by atoms with van der Waals surface area (Å²) in [4.78, 5) is 5.27. The summed E-state index contributed by atoms with van der Waals surface area (Å²) >= 11 is 0. The highest BCUT2D eigenvalue weighted by Crippen LogP contribution is 2.29. The van der Waals surface area contributed by atoms with E-state index in [9.17, 15) is 0 Å². The van der Waals surface area contributed by atoms with Crippen LogP contribution in [0.2, 0.25) is 0 Å². The second kappa shape index (κ2) is 5.77. The summed E-state index contributed by atoms with van der Waals surface area (Å²) in [7, 11) is 33.8. The van der Waals surface area contributed by atoms with Crippen LogP contribution in [-0.2, 0) is 12.8 Å². The van der Waals surface area contributed by atoms with Crippen molar-refractivity contribution in [2.75, 3.05) is 13.1 Å². The van der Waals surface area contributed by atoms with E-state index in [4.69, 9.17) is 51.8 Å². The first-order valence-electron chi connectivity index (χ1n) is 7.44. The van der Waals surface area contributed by atoms with Gasteiger partial charge in [-0.25, -0.2) is 0 Å². The maximum atomic E-state index is 5.79. The zero-order valence-corrected chi connectivity index (χ0v) is 12.9. The highest BCUT2D eigenvalue weighted by Gasteiger charge is 2.24. The van der Waals surface area contributed by atoms with Crippen molar-refractivity contribution in [1.29, 1.82) is 0 Å². The van der Waals surface area contributed by atoms with Gasteiger partial charge < -0.3 is 14.6 Å². The van der Waals surface area contributed by atoms with E-state index in [1.165, 1.54) is 5.56 Å². The lowest BCUT2D eigenvalue weighted by Crippen LogP contribution is -2.51. The van der Waals surface area contributed by atoms with Crippen molar-refractivity contribution in [3.63, 3.8) is 0 Å². The van der Waals surface area contributed by atoms with Crippen LogP contribution in [0.25, 0.3) is 10.9 Å². The Bertz CT molecular complexity index is 718. The molecule has 0 bridgehead atoms. The third kappa shape index (κ3) is 3.71. The molecule has 3 rings (SSSR count). The maximum Gasteiger partial charge on any atom is 0.118 e. The Kier molecular flexibility index (Phi) is 4.20. The predicted molar refractivity (Wildman–Crippen MR) is 97.9 cm³/mol. The van der Waals surface area contributed by atoms with Crippen LogP contribution in [0.1, 0.15) is 11.3 Å². The van der Waals surface area contributed by atoms with E-state index in [1.807, 2.05) is 17.0 Å². The molecule has 0 atom stereocenters. The van der Waals surface area contributed by atoms with E-state index in [0.29, 0.717) is 18.8 Å². The molecule has 1 aromatic carbocycles. The number of benzene rings is 1. The fraction of sp³-hybridized carbons (Fsp3) is 0.429. The fourth-order valence-corrected chi connectivity index (χ4v) is 3.05. The second-order valence-corrected chi connectivity index (χ2v) is 6.12. The van der Waals surface area contributed by atoms with Crippen LogP contribution in [0.15, 0.2) is 18.2 Å². The van der Waals surface area contributed by atoms with E-state index < -0.39 is 10.5 Å². The molecule has 2 aromatic rings. The highest BCUT2D eigenvalue weighted by molar-refractivity contribution is 6.59. The molecule has 3 nitrogen and oxygen atoms in total. The molecule has 0 unspecified atom stereocenters. The minimum Gasteiger partial charge on any atom is -0.516 e. The molecular formula is C14H12B6N2O. The van der Waals surface area contributed by atoms with Crippen LogP contribution < -0.4 is 4.74 Å². The van der Waals surface area contributed by atoms with Crippen LogP contribution in [0.4, 0.5) is 0 Å². The summed E-state index contributed by atoms with van der Waals surface area (Å²) in [6.45, 7) is 1.38. The number of H-pyrrole nitrogens is 1. The lowest BCUT2D eigenvalue weighted by atomic mass is 9.48. The first-order chi connectivity index (χ1) is 10.6. The molecule has 9 heteroatoms. The van der Waals surface area contributed by atoms with Crippen molar-refractivity contribution in [1.82, 2.24) is 9.88 Å². The highest BCUT2D eigenvalue weighted by atomic mass is 16.5. The first kappa shape index (κ1) is 16.8. The monoisotopic (exact) mass is 290 g/mol. The van der Waals surface area contributed by atoms with E-state index in [0.717, 1.165) is 29.4 Å². The van der Waals surface area contributed by atoms with Gasteiger partial charge in [-0.3, -0.25) is 0 Å². The van der Waals surface area contributed by atoms with E-state index >= 15 is 0 Å². The van der Waals surface area contributed by atoms with Crippen molar-refractivity contribution in [2.24, 2.45) is 0 Å². The van der Waals surface area contributed by atoms with Crippen molar-refractivity contribution < 1.29 is 4.74 Å². The second-order valence-electron chi connectivity index (χ2n) is 6.12. The van der Waals surface area contributed by atoms with Gasteiger partial charge >= 0.3 is 0 Å². The van der Waals surface area contributed by atoms with Crippen molar-refractivity contribution in [2.45, 2.75) is 23.4 Å². The van der Waals surface area contributed by atoms with Gasteiger partial charge in [0.25, 0.3) is 0 Å². The minimum absolute atomic E-state index is 0.507. The molecule has 1 aliphatic heterocycles. The number of aromatic nitrogens is 1.